The lowest BCUT2D eigenvalue weighted by Gasteiger charge is -2.36. The minimum absolute atomic E-state index is 0.493. The van der Waals surface area contributed by atoms with Crippen molar-refractivity contribution in [1.29, 1.82) is 0 Å². The largest absolute Gasteiger partial charge is 0.429 e. The van der Waals surface area contributed by atoms with Crippen LogP contribution in [0.3, 0.4) is 0 Å². The molecule has 0 atom stereocenters. The number of halogens is 18. The van der Waals surface area contributed by atoms with Crippen LogP contribution in [0.15, 0.2) is 24.3 Å². The molecule has 40 heavy (non-hydrogen) atoms. The fourth-order valence-electron chi connectivity index (χ4n) is 2.74. The Labute approximate surface area is 207 Å². The fraction of sp³-hybridized carbons (Fsp3) is 0.571. The van der Waals surface area contributed by atoms with Crippen molar-refractivity contribution in [3.05, 3.63) is 24.3 Å². The molecule has 0 aliphatic rings. The van der Waals surface area contributed by atoms with Crippen LogP contribution in [-0.2, 0) is 20.2 Å². The molecule has 0 N–H and O–H groups in total. The third-order valence-electron chi connectivity index (χ3n) is 4.38. The molecule has 0 unspecified atom stereocenters. The van der Waals surface area contributed by atoms with E-state index >= 15 is 0 Å². The minimum Gasteiger partial charge on any atom is -0.381 e. The summed E-state index contributed by atoms with van der Waals surface area (Å²) in [6.07, 6.45) is -46.4. The van der Waals surface area contributed by atoms with Crippen LogP contribution in [0.4, 0.5) is 79.0 Å². The first-order chi connectivity index (χ1) is 17.2. The molecule has 0 saturated carbocycles. The van der Waals surface area contributed by atoms with Crippen LogP contribution in [0, 0.1) is 0 Å². The van der Waals surface area contributed by atoms with Gasteiger partial charge in [0.05, 0.1) is 0 Å². The van der Waals surface area contributed by atoms with Crippen molar-refractivity contribution in [3.63, 3.8) is 0 Å². The summed E-state index contributed by atoms with van der Waals surface area (Å²) in [6.45, 7) is 0. The first-order valence-electron chi connectivity index (χ1n) is 8.54. The van der Waals surface area contributed by atoms with E-state index in [4.69, 9.17) is 0 Å². The van der Waals surface area contributed by atoms with Gasteiger partial charge in [-0.2, -0.15) is 95.9 Å². The summed E-state index contributed by atoms with van der Waals surface area (Å²) in [5.41, 5.74) is 0. The highest BCUT2D eigenvalue weighted by Crippen LogP contribution is 2.59. The number of hydrogen-bond acceptors (Lipinski definition) is 6. The lowest BCUT2D eigenvalue weighted by atomic mass is 10.1. The molecule has 6 nitrogen and oxygen atoms in total. The van der Waals surface area contributed by atoms with Crippen molar-refractivity contribution in [3.8, 4) is 11.5 Å². The summed E-state index contributed by atoms with van der Waals surface area (Å²) in [5.74, 6) is -4.14. The van der Waals surface area contributed by atoms with Crippen LogP contribution in [0.2, 0.25) is 0 Å². The van der Waals surface area contributed by atoms with Gasteiger partial charge in [-0.25, -0.2) is 0 Å². The number of hydrogen-bond donors (Lipinski definition) is 0. The van der Waals surface area contributed by atoms with Crippen LogP contribution < -0.4 is 8.37 Å². The smallest absolute Gasteiger partial charge is 0.381 e. The lowest BCUT2D eigenvalue weighted by Crippen LogP contribution is -2.71. The van der Waals surface area contributed by atoms with Gasteiger partial charge in [0.2, 0.25) is 0 Å². The highest BCUT2D eigenvalue weighted by molar-refractivity contribution is 7.89. The van der Waals surface area contributed by atoms with Gasteiger partial charge in [-0.1, -0.05) is 0 Å². The Hall–Kier alpha value is -2.54. The standard InChI is InChI=1S/C14H4F18O6S2/c15-9(16,17)7(10(18,19)20,11(21,22)23)39(33,34)37-5-1-2-6(4-3-5)38-40(35,36)8(12(24,25)26,13(27,28)29)14(30,31)32/h1-4H. The maximum atomic E-state index is 13.0. The summed E-state index contributed by atoms with van der Waals surface area (Å²) >= 11 is 0. The summed E-state index contributed by atoms with van der Waals surface area (Å²) in [6, 6.07) is -1.97. The summed E-state index contributed by atoms with van der Waals surface area (Å²) in [5, 5.41) is 0. The van der Waals surface area contributed by atoms with E-state index in [9.17, 15) is 95.9 Å². The Morgan fingerprint density at radius 2 is 0.525 bits per heavy atom. The molecule has 0 fully saturated rings. The third-order valence-corrected chi connectivity index (χ3v) is 8.09. The lowest BCUT2D eigenvalue weighted by molar-refractivity contribution is -0.351. The Bertz CT molecular complexity index is 1100. The van der Waals surface area contributed by atoms with E-state index in [0.717, 1.165) is 0 Å². The number of rotatable bonds is 6. The molecule has 0 amide bonds. The van der Waals surface area contributed by atoms with Gasteiger partial charge in [0, 0.05) is 0 Å². The van der Waals surface area contributed by atoms with E-state index < -0.39 is 103 Å². The molecular formula is C14H4F18O6S2. The first kappa shape index (κ1) is 35.5. The zero-order valence-electron chi connectivity index (χ0n) is 17.4. The Kier molecular flexibility index (Phi) is 8.43. The normalized spacial score (nSPS) is 15.7. The van der Waals surface area contributed by atoms with Gasteiger partial charge < -0.3 is 8.37 Å². The van der Waals surface area contributed by atoms with E-state index in [1.54, 1.807) is 0 Å². The van der Waals surface area contributed by atoms with Crippen LogP contribution in [0.25, 0.3) is 0 Å². The molecule has 0 spiro atoms. The fourth-order valence-corrected chi connectivity index (χ4v) is 5.42. The molecule has 0 heterocycles. The maximum Gasteiger partial charge on any atom is 0.429 e. The van der Waals surface area contributed by atoms with Gasteiger partial charge in [0.25, 0.3) is 0 Å². The number of alkyl halides is 18. The zero-order valence-corrected chi connectivity index (χ0v) is 19.0. The van der Waals surface area contributed by atoms with E-state index in [-0.39, 0.29) is 0 Å². The van der Waals surface area contributed by atoms with Crippen LogP contribution in [0.1, 0.15) is 0 Å². The highest BCUT2D eigenvalue weighted by Gasteiger charge is 2.93. The van der Waals surface area contributed by atoms with Crippen LogP contribution >= 0.6 is 0 Å². The topological polar surface area (TPSA) is 86.7 Å². The van der Waals surface area contributed by atoms with Crippen molar-refractivity contribution in [2.45, 2.75) is 46.6 Å². The van der Waals surface area contributed by atoms with Gasteiger partial charge in [0.1, 0.15) is 11.5 Å². The summed E-state index contributed by atoms with van der Waals surface area (Å²) in [4.78, 5) is 0. The Morgan fingerprint density at radius 3 is 0.650 bits per heavy atom. The molecule has 1 rings (SSSR count). The van der Waals surface area contributed by atoms with Crippen LogP contribution in [-0.4, -0.2) is 63.4 Å². The van der Waals surface area contributed by atoms with Gasteiger partial charge in [0.15, 0.2) is 0 Å². The summed E-state index contributed by atoms with van der Waals surface area (Å²) < 4.78 is 271. The van der Waals surface area contributed by atoms with E-state index in [0.29, 0.717) is 0 Å². The van der Waals surface area contributed by atoms with Crippen molar-refractivity contribution in [2.75, 3.05) is 0 Å². The quantitative estimate of drug-likeness (QED) is 0.274. The number of benzene rings is 1. The zero-order chi connectivity index (χ0) is 32.4. The molecule has 0 aliphatic heterocycles. The molecule has 0 aromatic heterocycles. The molecular weight excluding hydrogens is 670 g/mol. The molecule has 0 bridgehead atoms. The van der Waals surface area contributed by atoms with Crippen molar-refractivity contribution in [2.24, 2.45) is 0 Å². The van der Waals surface area contributed by atoms with E-state index in [1.165, 1.54) is 0 Å². The average Bonchev–Trinajstić information content (AvgIpc) is 2.54. The van der Waals surface area contributed by atoms with Crippen molar-refractivity contribution in [1.82, 2.24) is 0 Å². The highest BCUT2D eigenvalue weighted by atomic mass is 32.2. The van der Waals surface area contributed by atoms with E-state index in [1.807, 2.05) is 0 Å². The van der Waals surface area contributed by atoms with Crippen molar-refractivity contribution >= 4 is 20.2 Å². The van der Waals surface area contributed by atoms with Crippen molar-refractivity contribution < 1.29 is 104 Å². The van der Waals surface area contributed by atoms with Gasteiger partial charge in [-0.05, 0) is 24.3 Å². The third kappa shape index (κ3) is 5.26. The molecule has 26 heteroatoms. The van der Waals surface area contributed by atoms with Crippen LogP contribution in [0.5, 0.6) is 11.5 Å². The Morgan fingerprint density at radius 1 is 0.375 bits per heavy atom. The molecule has 0 aliphatic carbocycles. The average molecular weight is 674 g/mol. The predicted octanol–water partition coefficient (Wildman–Crippen LogP) is 5.96. The summed E-state index contributed by atoms with van der Waals surface area (Å²) in [7, 11) is -16.0. The van der Waals surface area contributed by atoms with Gasteiger partial charge in [-0.15, -0.1) is 0 Å². The monoisotopic (exact) mass is 674 g/mol. The van der Waals surface area contributed by atoms with Gasteiger partial charge in [-0.3, -0.25) is 0 Å². The second-order valence-corrected chi connectivity index (χ2v) is 10.3. The molecule has 1 aromatic rings. The SMILES string of the molecule is O=S(=O)(Oc1ccc(OS(=O)(=O)C(C(F)(F)F)(C(F)(F)F)C(F)(F)F)cc1)C(C(F)(F)F)(C(F)(F)F)C(F)(F)F. The second-order valence-electron chi connectivity index (χ2n) is 6.90. The Balaban J connectivity index is 3.69. The second kappa shape index (κ2) is 9.50. The molecule has 1 aromatic carbocycles. The molecule has 0 saturated heterocycles. The molecule has 0 radical (unpaired) electrons. The van der Waals surface area contributed by atoms with E-state index in [2.05, 4.69) is 8.37 Å². The first-order valence-corrected chi connectivity index (χ1v) is 11.4. The minimum atomic E-state index is -8.02. The predicted molar refractivity (Wildman–Crippen MR) is 87.3 cm³/mol. The molecule has 234 valence electrons. The van der Waals surface area contributed by atoms with Gasteiger partial charge >= 0.3 is 66.8 Å². The maximum absolute atomic E-state index is 13.0.